The zero-order chi connectivity index (χ0) is 10.4. The molecule has 78 valence electrons. The monoisotopic (exact) mass is 197 g/mol. The first-order valence-corrected chi connectivity index (χ1v) is 4.60. The molecule has 0 aliphatic rings. The lowest BCUT2D eigenvalue weighted by molar-refractivity contribution is 0.127. The smallest absolute Gasteiger partial charge is 0.218 e. The molecule has 2 N–H and O–H groups in total. The number of hydrogen-bond donors (Lipinski definition) is 1. The molecular formula is C9H15N3O2. The Hall–Kier alpha value is -1.36. The van der Waals surface area contributed by atoms with E-state index < -0.39 is 0 Å². The van der Waals surface area contributed by atoms with Gasteiger partial charge in [-0.05, 0) is 13.8 Å². The van der Waals surface area contributed by atoms with Crippen LogP contribution >= 0.6 is 0 Å². The average molecular weight is 197 g/mol. The number of nitrogen functional groups attached to an aromatic ring is 1. The van der Waals surface area contributed by atoms with E-state index in [0.29, 0.717) is 37.3 Å². The lowest BCUT2D eigenvalue weighted by atomic mass is 10.5. The molecule has 0 aliphatic heterocycles. The number of hydrogen-bond acceptors (Lipinski definition) is 5. The van der Waals surface area contributed by atoms with Crippen LogP contribution in [0.3, 0.4) is 0 Å². The first kappa shape index (κ1) is 10.7. The maximum absolute atomic E-state index is 5.57. The van der Waals surface area contributed by atoms with Crippen molar-refractivity contribution >= 4 is 5.82 Å². The molecule has 0 spiro atoms. The fourth-order valence-corrected chi connectivity index (χ4v) is 0.972. The Morgan fingerprint density at radius 3 is 2.71 bits per heavy atom. The van der Waals surface area contributed by atoms with Gasteiger partial charge in [-0.1, -0.05) is 0 Å². The molecule has 0 atom stereocenters. The zero-order valence-electron chi connectivity index (χ0n) is 8.49. The number of anilines is 1. The average Bonchev–Trinajstić information content (AvgIpc) is 2.14. The van der Waals surface area contributed by atoms with Gasteiger partial charge in [0.1, 0.15) is 12.4 Å². The van der Waals surface area contributed by atoms with Crippen LogP contribution < -0.4 is 10.5 Å². The predicted octanol–water partition coefficient (Wildman–Crippen LogP) is 0.994. The van der Waals surface area contributed by atoms with Crippen LogP contribution in [0.15, 0.2) is 6.07 Å². The summed E-state index contributed by atoms with van der Waals surface area (Å²) in [6.07, 6.45) is 0. The highest BCUT2D eigenvalue weighted by molar-refractivity contribution is 5.32. The summed E-state index contributed by atoms with van der Waals surface area (Å²) in [5.74, 6) is 1.45. The van der Waals surface area contributed by atoms with E-state index in [1.54, 1.807) is 6.07 Å². The Morgan fingerprint density at radius 2 is 2.07 bits per heavy atom. The maximum Gasteiger partial charge on any atom is 0.218 e. The van der Waals surface area contributed by atoms with Crippen LogP contribution in [0.2, 0.25) is 0 Å². The lowest BCUT2D eigenvalue weighted by Crippen LogP contribution is -2.05. The van der Waals surface area contributed by atoms with Crippen LogP contribution in [-0.4, -0.2) is 23.2 Å². The second kappa shape index (κ2) is 5.39. The van der Waals surface area contributed by atoms with E-state index in [0.717, 1.165) is 0 Å². The second-order valence-corrected chi connectivity index (χ2v) is 2.62. The molecule has 1 rings (SSSR count). The Bertz CT molecular complexity index is 291. The molecule has 0 bridgehead atoms. The topological polar surface area (TPSA) is 70.3 Å². The molecule has 0 aromatic carbocycles. The van der Waals surface area contributed by atoms with E-state index >= 15 is 0 Å². The van der Waals surface area contributed by atoms with E-state index in [1.165, 1.54) is 0 Å². The van der Waals surface area contributed by atoms with E-state index in [4.69, 9.17) is 15.2 Å². The SMILES string of the molecule is CCOCc1nc(N)cc(OCC)n1. The molecule has 0 unspecified atom stereocenters. The van der Waals surface area contributed by atoms with E-state index in [2.05, 4.69) is 9.97 Å². The van der Waals surface area contributed by atoms with Crippen molar-refractivity contribution in [1.29, 1.82) is 0 Å². The summed E-state index contributed by atoms with van der Waals surface area (Å²) in [5.41, 5.74) is 5.57. The van der Waals surface area contributed by atoms with Crippen LogP contribution in [0.25, 0.3) is 0 Å². The van der Waals surface area contributed by atoms with Gasteiger partial charge in [0.15, 0.2) is 5.82 Å². The summed E-state index contributed by atoms with van der Waals surface area (Å²) in [7, 11) is 0. The summed E-state index contributed by atoms with van der Waals surface area (Å²) in [6.45, 7) is 5.35. The highest BCUT2D eigenvalue weighted by Gasteiger charge is 2.02. The Kier molecular flexibility index (Phi) is 4.12. The third-order valence-electron chi connectivity index (χ3n) is 1.50. The summed E-state index contributed by atoms with van der Waals surface area (Å²) in [5, 5.41) is 0. The quantitative estimate of drug-likeness (QED) is 0.762. The molecule has 5 heteroatoms. The van der Waals surface area contributed by atoms with E-state index in [-0.39, 0.29) is 0 Å². The normalized spacial score (nSPS) is 10.1. The van der Waals surface area contributed by atoms with Gasteiger partial charge < -0.3 is 15.2 Å². The highest BCUT2D eigenvalue weighted by Crippen LogP contribution is 2.11. The van der Waals surface area contributed by atoms with Crippen molar-refractivity contribution in [1.82, 2.24) is 9.97 Å². The molecule has 0 saturated carbocycles. The van der Waals surface area contributed by atoms with Gasteiger partial charge in [-0.15, -0.1) is 0 Å². The lowest BCUT2D eigenvalue weighted by Gasteiger charge is -2.05. The number of aromatic nitrogens is 2. The standard InChI is InChI=1S/C9H15N3O2/c1-3-13-6-8-11-7(10)5-9(12-8)14-4-2/h5H,3-4,6H2,1-2H3,(H2,10,11,12). The summed E-state index contributed by atoms with van der Waals surface area (Å²) in [6, 6.07) is 1.60. The van der Waals surface area contributed by atoms with Crippen molar-refractivity contribution in [3.05, 3.63) is 11.9 Å². The van der Waals surface area contributed by atoms with Gasteiger partial charge in [0.2, 0.25) is 5.88 Å². The fourth-order valence-electron chi connectivity index (χ4n) is 0.972. The second-order valence-electron chi connectivity index (χ2n) is 2.62. The third kappa shape index (κ3) is 3.18. The summed E-state index contributed by atoms with van der Waals surface area (Å²) in [4.78, 5) is 8.14. The molecule has 0 fully saturated rings. The predicted molar refractivity (Wildman–Crippen MR) is 52.9 cm³/mol. The zero-order valence-corrected chi connectivity index (χ0v) is 8.49. The van der Waals surface area contributed by atoms with Gasteiger partial charge in [-0.2, -0.15) is 4.98 Å². The molecule has 0 aliphatic carbocycles. The summed E-state index contributed by atoms with van der Waals surface area (Å²) >= 11 is 0. The number of ether oxygens (including phenoxy) is 2. The largest absolute Gasteiger partial charge is 0.478 e. The first-order chi connectivity index (χ1) is 6.76. The van der Waals surface area contributed by atoms with Crippen molar-refractivity contribution in [2.45, 2.75) is 20.5 Å². The minimum Gasteiger partial charge on any atom is -0.478 e. The van der Waals surface area contributed by atoms with Crippen LogP contribution in [-0.2, 0) is 11.3 Å². The van der Waals surface area contributed by atoms with Crippen LogP contribution in [0.4, 0.5) is 5.82 Å². The summed E-state index contributed by atoms with van der Waals surface area (Å²) < 4.78 is 10.4. The molecule has 5 nitrogen and oxygen atoms in total. The fraction of sp³-hybridized carbons (Fsp3) is 0.556. The van der Waals surface area contributed by atoms with Gasteiger partial charge in [0, 0.05) is 12.7 Å². The molecule has 1 aromatic rings. The van der Waals surface area contributed by atoms with Crippen LogP contribution in [0, 0.1) is 0 Å². The molecule has 1 aromatic heterocycles. The van der Waals surface area contributed by atoms with Crippen molar-refractivity contribution < 1.29 is 9.47 Å². The molecule has 14 heavy (non-hydrogen) atoms. The number of nitrogens with two attached hydrogens (primary N) is 1. The first-order valence-electron chi connectivity index (χ1n) is 4.60. The molecule has 0 amide bonds. The van der Waals surface area contributed by atoms with Crippen molar-refractivity contribution in [2.75, 3.05) is 18.9 Å². The van der Waals surface area contributed by atoms with Gasteiger partial charge in [0.25, 0.3) is 0 Å². The molecular weight excluding hydrogens is 182 g/mol. The molecule has 1 heterocycles. The van der Waals surface area contributed by atoms with Crippen LogP contribution in [0.5, 0.6) is 5.88 Å². The van der Waals surface area contributed by atoms with Crippen LogP contribution in [0.1, 0.15) is 19.7 Å². The molecule has 0 radical (unpaired) electrons. The highest BCUT2D eigenvalue weighted by atomic mass is 16.5. The van der Waals surface area contributed by atoms with E-state index in [1.807, 2.05) is 13.8 Å². The number of rotatable bonds is 5. The number of nitrogens with zero attached hydrogens (tertiary/aromatic N) is 2. The van der Waals surface area contributed by atoms with Gasteiger partial charge >= 0.3 is 0 Å². The maximum atomic E-state index is 5.57. The van der Waals surface area contributed by atoms with Crippen molar-refractivity contribution in [3.8, 4) is 5.88 Å². The minimum atomic E-state index is 0.363. The van der Waals surface area contributed by atoms with Gasteiger partial charge in [-0.3, -0.25) is 0 Å². The minimum absolute atomic E-state index is 0.363. The third-order valence-corrected chi connectivity index (χ3v) is 1.50. The molecule has 0 saturated heterocycles. The van der Waals surface area contributed by atoms with Crippen molar-refractivity contribution in [2.24, 2.45) is 0 Å². The van der Waals surface area contributed by atoms with Crippen molar-refractivity contribution in [3.63, 3.8) is 0 Å². The van der Waals surface area contributed by atoms with Gasteiger partial charge in [0.05, 0.1) is 6.61 Å². The Morgan fingerprint density at radius 1 is 1.29 bits per heavy atom. The Balaban J connectivity index is 2.73. The van der Waals surface area contributed by atoms with Gasteiger partial charge in [-0.25, -0.2) is 4.98 Å². The Labute approximate surface area is 83.3 Å². The van der Waals surface area contributed by atoms with E-state index in [9.17, 15) is 0 Å².